The Balaban J connectivity index is 1.50. The SMILES string of the molecule is CN1C(=O)COC[C@@H]2CCN(CCCc3ccccc3)C[C@@H]21. The minimum absolute atomic E-state index is 0.124. The summed E-state index contributed by atoms with van der Waals surface area (Å²) < 4.78 is 5.51. The van der Waals surface area contributed by atoms with Crippen molar-refractivity contribution in [2.24, 2.45) is 5.92 Å². The number of amides is 1. The Hall–Kier alpha value is -1.39. The number of benzene rings is 1. The Morgan fingerprint density at radius 3 is 2.91 bits per heavy atom. The van der Waals surface area contributed by atoms with E-state index in [-0.39, 0.29) is 12.5 Å². The predicted octanol–water partition coefficient (Wildman–Crippen LogP) is 1.80. The standard InChI is InChI=1S/C18H26N2O2/c1-19-17-12-20(10-5-8-15-6-3-2-4-7-15)11-9-16(17)13-22-14-18(19)21/h2-4,6-7,16-17H,5,8-14H2,1H3/t16-,17-/m0/s1. The molecule has 22 heavy (non-hydrogen) atoms. The first-order valence-corrected chi connectivity index (χ1v) is 8.34. The average molecular weight is 302 g/mol. The van der Waals surface area contributed by atoms with Crippen molar-refractivity contribution in [2.75, 3.05) is 39.9 Å². The molecule has 0 aliphatic carbocycles. The lowest BCUT2D eigenvalue weighted by Crippen LogP contribution is -2.53. The van der Waals surface area contributed by atoms with Crippen molar-refractivity contribution < 1.29 is 9.53 Å². The van der Waals surface area contributed by atoms with Crippen LogP contribution in [0.3, 0.4) is 0 Å². The van der Waals surface area contributed by atoms with E-state index in [9.17, 15) is 4.79 Å². The molecule has 1 aromatic carbocycles. The highest BCUT2D eigenvalue weighted by Gasteiger charge is 2.36. The molecule has 1 aromatic rings. The second-order valence-corrected chi connectivity index (χ2v) is 6.53. The number of ether oxygens (including phenoxy) is 1. The van der Waals surface area contributed by atoms with Gasteiger partial charge in [0.05, 0.1) is 6.61 Å². The molecule has 2 atom stereocenters. The predicted molar refractivity (Wildman–Crippen MR) is 86.7 cm³/mol. The molecule has 0 saturated carbocycles. The minimum atomic E-state index is 0.124. The highest BCUT2D eigenvalue weighted by molar-refractivity contribution is 5.77. The largest absolute Gasteiger partial charge is 0.371 e. The van der Waals surface area contributed by atoms with Gasteiger partial charge in [0.1, 0.15) is 6.61 Å². The lowest BCUT2D eigenvalue weighted by molar-refractivity contribution is -0.134. The van der Waals surface area contributed by atoms with Crippen LogP contribution in [0, 0.1) is 5.92 Å². The van der Waals surface area contributed by atoms with Gasteiger partial charge in [-0.25, -0.2) is 0 Å². The summed E-state index contributed by atoms with van der Waals surface area (Å²) in [6.45, 7) is 4.21. The highest BCUT2D eigenvalue weighted by atomic mass is 16.5. The first kappa shape index (κ1) is 15.5. The van der Waals surface area contributed by atoms with Gasteiger partial charge in [-0.15, -0.1) is 0 Å². The van der Waals surface area contributed by atoms with Gasteiger partial charge in [0, 0.05) is 25.6 Å². The van der Waals surface area contributed by atoms with Crippen molar-refractivity contribution in [1.29, 1.82) is 0 Å². The Bertz CT molecular complexity index is 491. The number of piperidine rings is 1. The molecule has 120 valence electrons. The van der Waals surface area contributed by atoms with Gasteiger partial charge in [0.2, 0.25) is 5.91 Å². The van der Waals surface area contributed by atoms with E-state index in [0.717, 1.165) is 39.1 Å². The molecule has 4 heteroatoms. The topological polar surface area (TPSA) is 32.8 Å². The third-order valence-corrected chi connectivity index (χ3v) is 5.04. The number of carbonyl (C=O) groups excluding carboxylic acids is 1. The van der Waals surface area contributed by atoms with E-state index in [0.29, 0.717) is 12.0 Å². The van der Waals surface area contributed by atoms with E-state index >= 15 is 0 Å². The van der Waals surface area contributed by atoms with Crippen LogP contribution in [-0.2, 0) is 16.0 Å². The van der Waals surface area contributed by atoms with Crippen LogP contribution in [0.15, 0.2) is 30.3 Å². The molecule has 0 spiro atoms. The maximum Gasteiger partial charge on any atom is 0.248 e. The third kappa shape index (κ3) is 3.68. The molecule has 0 radical (unpaired) electrons. The summed E-state index contributed by atoms with van der Waals surface area (Å²) in [6.07, 6.45) is 3.44. The number of carbonyl (C=O) groups is 1. The summed E-state index contributed by atoms with van der Waals surface area (Å²) in [4.78, 5) is 16.4. The molecule has 0 aromatic heterocycles. The first-order chi connectivity index (χ1) is 10.7. The van der Waals surface area contributed by atoms with E-state index in [4.69, 9.17) is 4.74 Å². The van der Waals surface area contributed by atoms with Crippen LogP contribution in [0.4, 0.5) is 0 Å². The summed E-state index contributed by atoms with van der Waals surface area (Å²) in [5, 5.41) is 0. The summed E-state index contributed by atoms with van der Waals surface area (Å²) >= 11 is 0. The van der Waals surface area contributed by atoms with E-state index in [2.05, 4.69) is 35.2 Å². The zero-order valence-corrected chi connectivity index (χ0v) is 13.4. The number of fused-ring (bicyclic) bond motifs is 1. The average Bonchev–Trinajstić information content (AvgIpc) is 2.68. The van der Waals surface area contributed by atoms with Crippen LogP contribution in [-0.4, -0.2) is 61.6 Å². The molecule has 2 aliphatic rings. The molecule has 2 saturated heterocycles. The van der Waals surface area contributed by atoms with Crippen molar-refractivity contribution in [3.05, 3.63) is 35.9 Å². The fourth-order valence-corrected chi connectivity index (χ4v) is 3.62. The van der Waals surface area contributed by atoms with Gasteiger partial charge in [-0.05, 0) is 37.9 Å². The van der Waals surface area contributed by atoms with Gasteiger partial charge in [-0.3, -0.25) is 4.79 Å². The van der Waals surface area contributed by atoms with Crippen LogP contribution in [0.1, 0.15) is 18.4 Å². The summed E-state index contributed by atoms with van der Waals surface area (Å²) in [7, 11) is 1.93. The van der Waals surface area contributed by atoms with Crippen LogP contribution < -0.4 is 0 Å². The quantitative estimate of drug-likeness (QED) is 0.850. The number of aryl methyl sites for hydroxylation is 1. The smallest absolute Gasteiger partial charge is 0.248 e. The first-order valence-electron chi connectivity index (χ1n) is 8.34. The third-order valence-electron chi connectivity index (χ3n) is 5.04. The molecule has 2 aliphatic heterocycles. The van der Waals surface area contributed by atoms with Crippen LogP contribution in [0.25, 0.3) is 0 Å². The van der Waals surface area contributed by atoms with Crippen molar-refractivity contribution in [2.45, 2.75) is 25.3 Å². The van der Waals surface area contributed by atoms with Gasteiger partial charge < -0.3 is 14.5 Å². The Kier molecular flexibility index (Phi) is 5.11. The van der Waals surface area contributed by atoms with Gasteiger partial charge in [0.25, 0.3) is 0 Å². The van der Waals surface area contributed by atoms with Crippen LogP contribution in [0.5, 0.6) is 0 Å². The second kappa shape index (κ2) is 7.25. The number of rotatable bonds is 4. The normalized spacial score (nSPS) is 26.6. The summed E-state index contributed by atoms with van der Waals surface area (Å²) in [6, 6.07) is 11.0. The molecule has 1 amide bonds. The molecule has 3 rings (SSSR count). The fraction of sp³-hybridized carbons (Fsp3) is 0.611. The lowest BCUT2D eigenvalue weighted by atomic mass is 9.91. The van der Waals surface area contributed by atoms with Crippen molar-refractivity contribution in [3.8, 4) is 0 Å². The maximum absolute atomic E-state index is 12.0. The van der Waals surface area contributed by atoms with Gasteiger partial charge in [0.15, 0.2) is 0 Å². The molecular formula is C18H26N2O2. The summed E-state index contributed by atoms with van der Waals surface area (Å²) in [5.41, 5.74) is 1.41. The molecule has 0 N–H and O–H groups in total. The second-order valence-electron chi connectivity index (χ2n) is 6.53. The van der Waals surface area contributed by atoms with Crippen LogP contribution >= 0.6 is 0 Å². The lowest BCUT2D eigenvalue weighted by Gasteiger charge is -2.41. The number of hydrogen-bond donors (Lipinski definition) is 0. The Morgan fingerprint density at radius 2 is 2.09 bits per heavy atom. The molecule has 0 unspecified atom stereocenters. The molecular weight excluding hydrogens is 276 g/mol. The minimum Gasteiger partial charge on any atom is -0.371 e. The van der Waals surface area contributed by atoms with Crippen molar-refractivity contribution in [1.82, 2.24) is 9.80 Å². The van der Waals surface area contributed by atoms with Crippen LogP contribution in [0.2, 0.25) is 0 Å². The Morgan fingerprint density at radius 1 is 1.27 bits per heavy atom. The van der Waals surface area contributed by atoms with E-state index in [1.165, 1.54) is 12.0 Å². The molecule has 2 heterocycles. The maximum atomic E-state index is 12.0. The van der Waals surface area contributed by atoms with E-state index in [1.54, 1.807) is 0 Å². The fourth-order valence-electron chi connectivity index (χ4n) is 3.62. The number of likely N-dealkylation sites (N-methyl/N-ethyl adjacent to an activating group) is 1. The molecule has 4 nitrogen and oxygen atoms in total. The van der Waals surface area contributed by atoms with Gasteiger partial charge in [-0.1, -0.05) is 30.3 Å². The summed E-state index contributed by atoms with van der Waals surface area (Å²) in [5.74, 6) is 0.625. The van der Waals surface area contributed by atoms with Crippen molar-refractivity contribution >= 4 is 5.91 Å². The zero-order chi connectivity index (χ0) is 15.4. The molecule has 0 bridgehead atoms. The van der Waals surface area contributed by atoms with Gasteiger partial charge in [-0.2, -0.15) is 0 Å². The van der Waals surface area contributed by atoms with Gasteiger partial charge >= 0.3 is 0 Å². The zero-order valence-electron chi connectivity index (χ0n) is 13.4. The Labute approximate surface area is 133 Å². The molecule has 2 fully saturated rings. The monoisotopic (exact) mass is 302 g/mol. The number of nitrogens with zero attached hydrogens (tertiary/aromatic N) is 2. The van der Waals surface area contributed by atoms with Crippen molar-refractivity contribution in [3.63, 3.8) is 0 Å². The number of likely N-dealkylation sites (tertiary alicyclic amines) is 1. The number of hydrogen-bond acceptors (Lipinski definition) is 3. The van der Waals surface area contributed by atoms with E-state index < -0.39 is 0 Å². The highest BCUT2D eigenvalue weighted by Crippen LogP contribution is 2.24. The van der Waals surface area contributed by atoms with E-state index in [1.807, 2.05) is 11.9 Å².